The molecule has 1 aromatic rings. The fourth-order valence-electron chi connectivity index (χ4n) is 1.29. The number of aromatic nitrogens is 1. The first-order valence-electron chi connectivity index (χ1n) is 5.38. The zero-order valence-corrected chi connectivity index (χ0v) is 10.6. The molecule has 15 heavy (non-hydrogen) atoms. The number of nitrogens with one attached hydrogen (secondary N) is 1. The van der Waals surface area contributed by atoms with Gasteiger partial charge in [0.2, 0.25) is 0 Å². The van der Waals surface area contributed by atoms with Gasteiger partial charge in [0.25, 0.3) is 0 Å². The predicted octanol–water partition coefficient (Wildman–Crippen LogP) is 1.96. The van der Waals surface area contributed by atoms with Crippen LogP contribution in [-0.4, -0.2) is 23.6 Å². The molecule has 0 aromatic carbocycles. The third-order valence-electron chi connectivity index (χ3n) is 2.27. The van der Waals surface area contributed by atoms with Crippen LogP contribution in [0.1, 0.15) is 38.1 Å². The minimum atomic E-state index is -0.0720. The first kappa shape index (κ1) is 12.6. The summed E-state index contributed by atoms with van der Waals surface area (Å²) in [6.07, 6.45) is 2.86. The Hall–Kier alpha value is -0.450. The molecule has 4 heteroatoms. The van der Waals surface area contributed by atoms with Gasteiger partial charge in [-0.2, -0.15) is 0 Å². The molecule has 0 spiro atoms. The van der Waals surface area contributed by atoms with Gasteiger partial charge in [-0.15, -0.1) is 11.3 Å². The first-order chi connectivity index (χ1) is 6.99. The Bertz CT molecular complexity index is 264. The molecule has 1 heterocycles. The van der Waals surface area contributed by atoms with Gasteiger partial charge in [0, 0.05) is 29.6 Å². The van der Waals surface area contributed by atoms with E-state index in [0.29, 0.717) is 5.92 Å². The number of nitrogens with two attached hydrogens (primary N) is 1. The van der Waals surface area contributed by atoms with Crippen LogP contribution in [0.25, 0.3) is 0 Å². The van der Waals surface area contributed by atoms with Crippen molar-refractivity contribution in [2.24, 2.45) is 5.73 Å². The topological polar surface area (TPSA) is 50.9 Å². The summed E-state index contributed by atoms with van der Waals surface area (Å²) in [7, 11) is 0. The third-order valence-corrected chi connectivity index (χ3v) is 3.28. The van der Waals surface area contributed by atoms with Crippen LogP contribution in [0.2, 0.25) is 0 Å². The SMILES string of the molecule is CC(CNCCC(C)(C)N)c1nccs1. The first-order valence-corrected chi connectivity index (χ1v) is 6.26. The summed E-state index contributed by atoms with van der Waals surface area (Å²) >= 11 is 1.72. The van der Waals surface area contributed by atoms with Crippen molar-refractivity contribution < 1.29 is 0 Å². The lowest BCUT2D eigenvalue weighted by Crippen LogP contribution is -2.36. The van der Waals surface area contributed by atoms with Crippen molar-refractivity contribution in [1.82, 2.24) is 10.3 Å². The van der Waals surface area contributed by atoms with Gasteiger partial charge in [-0.05, 0) is 26.8 Å². The van der Waals surface area contributed by atoms with Crippen LogP contribution in [0, 0.1) is 0 Å². The maximum Gasteiger partial charge on any atom is 0.0965 e. The van der Waals surface area contributed by atoms with E-state index in [1.54, 1.807) is 11.3 Å². The zero-order valence-electron chi connectivity index (χ0n) is 9.79. The van der Waals surface area contributed by atoms with E-state index in [4.69, 9.17) is 5.73 Å². The summed E-state index contributed by atoms with van der Waals surface area (Å²) in [5.41, 5.74) is 5.82. The Labute approximate surface area is 96.1 Å². The molecule has 0 bridgehead atoms. The molecule has 0 aliphatic heterocycles. The normalized spacial score (nSPS) is 14.1. The van der Waals surface area contributed by atoms with Crippen LogP contribution < -0.4 is 11.1 Å². The standard InChI is InChI=1S/C11H21N3S/c1-9(10-14-6-7-15-10)8-13-5-4-11(2,3)12/h6-7,9,13H,4-5,8,12H2,1-3H3. The van der Waals surface area contributed by atoms with Crippen LogP contribution in [0.3, 0.4) is 0 Å². The van der Waals surface area contributed by atoms with E-state index >= 15 is 0 Å². The lowest BCUT2D eigenvalue weighted by atomic mass is 10.0. The average molecular weight is 227 g/mol. The largest absolute Gasteiger partial charge is 0.326 e. The van der Waals surface area contributed by atoms with Gasteiger partial charge in [-0.1, -0.05) is 6.92 Å². The molecule has 1 atom stereocenters. The van der Waals surface area contributed by atoms with E-state index < -0.39 is 0 Å². The highest BCUT2D eigenvalue weighted by Gasteiger charge is 2.11. The lowest BCUT2D eigenvalue weighted by Gasteiger charge is -2.19. The minimum absolute atomic E-state index is 0.0720. The van der Waals surface area contributed by atoms with Crippen molar-refractivity contribution in [2.75, 3.05) is 13.1 Å². The molecule has 3 nitrogen and oxygen atoms in total. The fourth-order valence-corrected chi connectivity index (χ4v) is 1.99. The molecular formula is C11H21N3S. The van der Waals surface area contributed by atoms with Gasteiger partial charge in [0.15, 0.2) is 0 Å². The van der Waals surface area contributed by atoms with Crippen LogP contribution in [0.4, 0.5) is 0 Å². The average Bonchev–Trinajstić information content (AvgIpc) is 2.63. The van der Waals surface area contributed by atoms with Gasteiger partial charge >= 0.3 is 0 Å². The molecule has 1 unspecified atom stereocenters. The van der Waals surface area contributed by atoms with Crippen LogP contribution in [0.5, 0.6) is 0 Å². The van der Waals surface area contributed by atoms with E-state index in [1.165, 1.54) is 5.01 Å². The molecule has 0 amide bonds. The van der Waals surface area contributed by atoms with E-state index in [-0.39, 0.29) is 5.54 Å². The van der Waals surface area contributed by atoms with Crippen molar-refractivity contribution in [1.29, 1.82) is 0 Å². The molecule has 1 rings (SSSR count). The van der Waals surface area contributed by atoms with Crippen molar-refractivity contribution >= 4 is 11.3 Å². The highest BCUT2D eigenvalue weighted by Crippen LogP contribution is 2.16. The fraction of sp³-hybridized carbons (Fsp3) is 0.727. The maximum absolute atomic E-state index is 5.90. The van der Waals surface area contributed by atoms with Crippen LogP contribution in [0.15, 0.2) is 11.6 Å². The summed E-state index contributed by atoms with van der Waals surface area (Å²) in [5.74, 6) is 0.492. The molecule has 86 valence electrons. The Kier molecular flexibility index (Phi) is 4.70. The number of hydrogen-bond acceptors (Lipinski definition) is 4. The maximum atomic E-state index is 5.90. The monoisotopic (exact) mass is 227 g/mol. The molecule has 1 aromatic heterocycles. The van der Waals surface area contributed by atoms with E-state index in [2.05, 4.69) is 31.1 Å². The zero-order chi connectivity index (χ0) is 11.3. The highest BCUT2D eigenvalue weighted by molar-refractivity contribution is 7.09. The Morgan fingerprint density at radius 1 is 1.60 bits per heavy atom. The van der Waals surface area contributed by atoms with Crippen LogP contribution >= 0.6 is 11.3 Å². The third kappa shape index (κ3) is 5.25. The van der Waals surface area contributed by atoms with Gasteiger partial charge in [0.05, 0.1) is 5.01 Å². The van der Waals surface area contributed by atoms with Gasteiger partial charge in [-0.3, -0.25) is 0 Å². The smallest absolute Gasteiger partial charge is 0.0965 e. The summed E-state index contributed by atoms with van der Waals surface area (Å²) in [4.78, 5) is 4.30. The van der Waals surface area contributed by atoms with Gasteiger partial charge < -0.3 is 11.1 Å². The highest BCUT2D eigenvalue weighted by atomic mass is 32.1. The number of thiazole rings is 1. The Balaban J connectivity index is 2.16. The molecular weight excluding hydrogens is 206 g/mol. The number of nitrogens with zero attached hydrogens (tertiary/aromatic N) is 1. The molecule has 0 aliphatic carbocycles. The Morgan fingerprint density at radius 2 is 2.33 bits per heavy atom. The summed E-state index contributed by atoms with van der Waals surface area (Å²) in [6.45, 7) is 8.25. The summed E-state index contributed by atoms with van der Waals surface area (Å²) in [6, 6.07) is 0. The molecule has 0 saturated carbocycles. The molecule has 0 saturated heterocycles. The van der Waals surface area contributed by atoms with E-state index in [1.807, 2.05) is 11.6 Å². The predicted molar refractivity (Wildman–Crippen MR) is 66.3 cm³/mol. The second-order valence-electron chi connectivity index (χ2n) is 4.71. The minimum Gasteiger partial charge on any atom is -0.326 e. The second-order valence-corrected chi connectivity index (χ2v) is 5.64. The van der Waals surface area contributed by atoms with Gasteiger partial charge in [-0.25, -0.2) is 4.98 Å². The summed E-state index contributed by atoms with van der Waals surface area (Å²) < 4.78 is 0. The number of hydrogen-bond donors (Lipinski definition) is 2. The molecule has 0 radical (unpaired) electrons. The molecule has 0 fully saturated rings. The molecule has 3 N–H and O–H groups in total. The lowest BCUT2D eigenvalue weighted by molar-refractivity contribution is 0.450. The van der Waals surface area contributed by atoms with Crippen LogP contribution in [-0.2, 0) is 0 Å². The van der Waals surface area contributed by atoms with Crippen molar-refractivity contribution in [3.63, 3.8) is 0 Å². The van der Waals surface area contributed by atoms with Crippen molar-refractivity contribution in [3.05, 3.63) is 16.6 Å². The number of rotatable bonds is 6. The van der Waals surface area contributed by atoms with Gasteiger partial charge in [0.1, 0.15) is 0 Å². The van der Waals surface area contributed by atoms with E-state index in [0.717, 1.165) is 19.5 Å². The van der Waals surface area contributed by atoms with E-state index in [9.17, 15) is 0 Å². The Morgan fingerprint density at radius 3 is 2.87 bits per heavy atom. The van der Waals surface area contributed by atoms with Crippen molar-refractivity contribution in [2.45, 2.75) is 38.6 Å². The summed E-state index contributed by atoms with van der Waals surface area (Å²) in [5, 5.41) is 6.64. The second kappa shape index (κ2) is 5.58. The molecule has 0 aliphatic rings. The van der Waals surface area contributed by atoms with Crippen molar-refractivity contribution in [3.8, 4) is 0 Å². The quantitative estimate of drug-likeness (QED) is 0.731.